The van der Waals surface area contributed by atoms with Gasteiger partial charge in [-0.15, -0.1) is 0 Å². The van der Waals surface area contributed by atoms with Gasteiger partial charge in [-0.3, -0.25) is 4.79 Å². The van der Waals surface area contributed by atoms with Crippen LogP contribution >= 0.6 is 0 Å². The topological polar surface area (TPSA) is 165 Å². The number of carbonyl (C=O) groups is 3. The third-order valence-corrected chi connectivity index (χ3v) is 3.92. The minimum atomic E-state index is -3.84. The van der Waals surface area contributed by atoms with E-state index in [1.807, 2.05) is 0 Å². The van der Waals surface area contributed by atoms with Gasteiger partial charge in [0.15, 0.2) is 0 Å². The SMILES string of the molecule is CCOC(=O)NCC(=O)N[C@@H](Cc1ccc(S(N)(=O)=O)cc1)C(=O)O. The lowest BCUT2D eigenvalue weighted by atomic mass is 10.1. The predicted molar refractivity (Wildman–Crippen MR) is 86.1 cm³/mol. The molecule has 0 aliphatic carbocycles. The fourth-order valence-corrected chi connectivity index (χ4v) is 2.35. The Bertz CT molecular complexity index is 731. The number of nitrogens with one attached hydrogen (secondary N) is 2. The Morgan fingerprint density at radius 1 is 1.24 bits per heavy atom. The van der Waals surface area contributed by atoms with E-state index in [9.17, 15) is 27.9 Å². The zero-order valence-electron chi connectivity index (χ0n) is 13.4. The molecule has 0 spiro atoms. The molecule has 11 heteroatoms. The van der Waals surface area contributed by atoms with E-state index in [-0.39, 0.29) is 17.9 Å². The summed E-state index contributed by atoms with van der Waals surface area (Å²) >= 11 is 0. The van der Waals surface area contributed by atoms with E-state index in [2.05, 4.69) is 15.4 Å². The maximum absolute atomic E-state index is 11.7. The van der Waals surface area contributed by atoms with Gasteiger partial charge in [0.25, 0.3) is 0 Å². The van der Waals surface area contributed by atoms with Crippen LogP contribution < -0.4 is 15.8 Å². The smallest absolute Gasteiger partial charge is 0.407 e. The highest BCUT2D eigenvalue weighted by molar-refractivity contribution is 7.89. The summed E-state index contributed by atoms with van der Waals surface area (Å²) in [6, 6.07) is 4.04. The van der Waals surface area contributed by atoms with Crippen molar-refractivity contribution in [1.82, 2.24) is 10.6 Å². The molecular weight excluding hydrogens is 354 g/mol. The molecule has 5 N–H and O–H groups in total. The molecule has 1 aromatic carbocycles. The van der Waals surface area contributed by atoms with Gasteiger partial charge in [-0.05, 0) is 24.6 Å². The predicted octanol–water partition coefficient (Wildman–Crippen LogP) is -0.808. The zero-order valence-corrected chi connectivity index (χ0v) is 14.2. The lowest BCUT2D eigenvalue weighted by Crippen LogP contribution is -2.46. The van der Waals surface area contributed by atoms with Gasteiger partial charge in [0, 0.05) is 6.42 Å². The molecule has 0 aromatic heterocycles. The van der Waals surface area contributed by atoms with E-state index < -0.39 is 40.6 Å². The average Bonchev–Trinajstić information content (AvgIpc) is 2.52. The first-order valence-electron chi connectivity index (χ1n) is 7.18. The molecule has 138 valence electrons. The van der Waals surface area contributed by atoms with Crippen LogP contribution in [0.3, 0.4) is 0 Å². The first kappa shape index (κ1) is 20.4. The Hall–Kier alpha value is -2.66. The molecule has 0 aliphatic rings. The van der Waals surface area contributed by atoms with Gasteiger partial charge in [0.05, 0.1) is 11.5 Å². The summed E-state index contributed by atoms with van der Waals surface area (Å²) in [5.41, 5.74) is 0.485. The molecule has 2 amide bonds. The normalized spacial score (nSPS) is 12.1. The van der Waals surface area contributed by atoms with Crippen LogP contribution in [0.2, 0.25) is 0 Å². The maximum Gasteiger partial charge on any atom is 0.407 e. The number of rotatable bonds is 8. The van der Waals surface area contributed by atoms with Crippen molar-refractivity contribution in [3.8, 4) is 0 Å². The number of benzene rings is 1. The Balaban J connectivity index is 2.67. The second-order valence-electron chi connectivity index (χ2n) is 4.93. The highest BCUT2D eigenvalue weighted by Crippen LogP contribution is 2.10. The molecule has 0 radical (unpaired) electrons. The Labute approximate surface area is 144 Å². The van der Waals surface area contributed by atoms with Gasteiger partial charge in [0.2, 0.25) is 15.9 Å². The van der Waals surface area contributed by atoms with Crippen molar-refractivity contribution in [3.05, 3.63) is 29.8 Å². The van der Waals surface area contributed by atoms with Gasteiger partial charge in [-0.1, -0.05) is 12.1 Å². The van der Waals surface area contributed by atoms with Crippen LogP contribution in [-0.4, -0.2) is 50.7 Å². The molecule has 1 atom stereocenters. The second-order valence-corrected chi connectivity index (χ2v) is 6.49. The number of hydrogen-bond acceptors (Lipinski definition) is 6. The van der Waals surface area contributed by atoms with E-state index in [1.165, 1.54) is 24.3 Å². The summed E-state index contributed by atoms with van der Waals surface area (Å²) in [5, 5.41) is 18.6. The molecule has 0 bridgehead atoms. The van der Waals surface area contributed by atoms with E-state index in [0.29, 0.717) is 5.56 Å². The number of sulfonamides is 1. The number of amides is 2. The van der Waals surface area contributed by atoms with Crippen LogP contribution in [0, 0.1) is 0 Å². The summed E-state index contributed by atoms with van der Waals surface area (Å²) < 4.78 is 26.9. The molecule has 0 fully saturated rings. The number of carboxylic acid groups (broad SMARTS) is 1. The summed E-state index contributed by atoms with van der Waals surface area (Å²) in [7, 11) is -3.84. The number of hydrogen-bond donors (Lipinski definition) is 4. The summed E-state index contributed by atoms with van der Waals surface area (Å²) in [5.74, 6) is -1.98. The van der Waals surface area contributed by atoms with Crippen molar-refractivity contribution in [3.63, 3.8) is 0 Å². The minimum Gasteiger partial charge on any atom is -0.480 e. The van der Waals surface area contributed by atoms with E-state index >= 15 is 0 Å². The fraction of sp³-hybridized carbons (Fsp3) is 0.357. The van der Waals surface area contributed by atoms with Gasteiger partial charge in [-0.2, -0.15) is 0 Å². The third kappa shape index (κ3) is 7.18. The Kier molecular flexibility index (Phi) is 7.33. The maximum atomic E-state index is 11.7. The summed E-state index contributed by atoms with van der Waals surface area (Å²) in [4.78, 5) is 33.9. The highest BCUT2D eigenvalue weighted by Gasteiger charge is 2.21. The van der Waals surface area contributed by atoms with Gasteiger partial charge in [-0.25, -0.2) is 23.1 Å². The van der Waals surface area contributed by atoms with Crippen LogP contribution in [0.15, 0.2) is 29.2 Å². The summed E-state index contributed by atoms with van der Waals surface area (Å²) in [6.45, 7) is 1.30. The van der Waals surface area contributed by atoms with Crippen LogP contribution in [0.5, 0.6) is 0 Å². The van der Waals surface area contributed by atoms with Crippen LogP contribution in [0.1, 0.15) is 12.5 Å². The van der Waals surface area contributed by atoms with Gasteiger partial charge >= 0.3 is 12.1 Å². The van der Waals surface area contributed by atoms with Crippen molar-refractivity contribution >= 4 is 28.0 Å². The highest BCUT2D eigenvalue weighted by atomic mass is 32.2. The zero-order chi connectivity index (χ0) is 19.0. The first-order valence-corrected chi connectivity index (χ1v) is 8.72. The van der Waals surface area contributed by atoms with Gasteiger partial charge < -0.3 is 20.5 Å². The van der Waals surface area contributed by atoms with Crippen molar-refractivity contribution in [2.75, 3.05) is 13.2 Å². The second kappa shape index (κ2) is 8.99. The fourth-order valence-electron chi connectivity index (χ4n) is 1.83. The van der Waals surface area contributed by atoms with Crippen LogP contribution in [0.4, 0.5) is 4.79 Å². The summed E-state index contributed by atoms with van der Waals surface area (Å²) in [6.07, 6.45) is -0.867. The van der Waals surface area contributed by atoms with Crippen molar-refractivity contribution in [1.29, 1.82) is 0 Å². The van der Waals surface area contributed by atoms with Crippen LogP contribution in [-0.2, 0) is 30.8 Å². The standard InChI is InChI=1S/C14H19N3O7S/c1-2-24-14(21)16-8-12(18)17-11(13(19)20)7-9-3-5-10(6-4-9)25(15,22)23/h3-6,11H,2,7-8H2,1H3,(H,16,21)(H,17,18)(H,19,20)(H2,15,22,23)/t11-/m0/s1. The largest absolute Gasteiger partial charge is 0.480 e. The molecule has 0 saturated heterocycles. The molecule has 1 aromatic rings. The van der Waals surface area contributed by atoms with Gasteiger partial charge in [0.1, 0.15) is 12.6 Å². The number of primary sulfonamides is 1. The molecule has 10 nitrogen and oxygen atoms in total. The molecule has 0 unspecified atom stereocenters. The average molecular weight is 373 g/mol. The molecular formula is C14H19N3O7S. The Morgan fingerprint density at radius 3 is 2.32 bits per heavy atom. The molecule has 0 aliphatic heterocycles. The lowest BCUT2D eigenvalue weighted by molar-refractivity contribution is -0.141. The number of alkyl carbamates (subject to hydrolysis) is 1. The molecule has 25 heavy (non-hydrogen) atoms. The van der Waals surface area contributed by atoms with Crippen molar-refractivity contribution < 1.29 is 32.6 Å². The van der Waals surface area contributed by atoms with Crippen LogP contribution in [0.25, 0.3) is 0 Å². The van der Waals surface area contributed by atoms with E-state index in [1.54, 1.807) is 6.92 Å². The number of nitrogens with two attached hydrogens (primary N) is 1. The van der Waals surface area contributed by atoms with Crippen molar-refractivity contribution in [2.24, 2.45) is 5.14 Å². The molecule has 1 rings (SSSR count). The quantitative estimate of drug-likeness (QED) is 0.462. The third-order valence-electron chi connectivity index (χ3n) is 2.99. The minimum absolute atomic E-state index is 0.0780. The monoisotopic (exact) mass is 373 g/mol. The molecule has 0 heterocycles. The molecule has 0 saturated carbocycles. The Morgan fingerprint density at radius 2 is 1.84 bits per heavy atom. The number of ether oxygens (including phenoxy) is 1. The first-order chi connectivity index (χ1) is 11.6. The van der Waals surface area contributed by atoms with E-state index in [4.69, 9.17) is 5.14 Å². The lowest BCUT2D eigenvalue weighted by Gasteiger charge is -2.15. The van der Waals surface area contributed by atoms with Crippen molar-refractivity contribution in [2.45, 2.75) is 24.3 Å². The number of carboxylic acids is 1. The number of aliphatic carboxylic acids is 1. The number of carbonyl (C=O) groups excluding carboxylic acids is 2. The van der Waals surface area contributed by atoms with E-state index in [0.717, 1.165) is 0 Å².